The van der Waals surface area contributed by atoms with Gasteiger partial charge < -0.3 is 4.90 Å². The van der Waals surface area contributed by atoms with Gasteiger partial charge in [0.05, 0.1) is 30.5 Å². The SMILES string of the molecule is C(=NCc1ccccc1)=NC1CCCCC1.CC(C)N(C(CCc1ccccc1)=NC1CCCCC1)C(C)C. The lowest BCUT2D eigenvalue weighted by Crippen LogP contribution is -2.43. The summed E-state index contributed by atoms with van der Waals surface area (Å²) in [5.74, 6) is 1.32. The van der Waals surface area contributed by atoms with E-state index in [9.17, 15) is 0 Å². The Balaban J connectivity index is 0.000000230. The molecule has 2 aliphatic rings. The van der Waals surface area contributed by atoms with Crippen molar-refractivity contribution in [2.75, 3.05) is 0 Å². The van der Waals surface area contributed by atoms with Crippen LogP contribution >= 0.6 is 0 Å². The molecule has 212 valence electrons. The molecule has 2 aliphatic carbocycles. The minimum Gasteiger partial charge on any atom is -0.355 e. The molecule has 0 spiro atoms. The van der Waals surface area contributed by atoms with E-state index in [0.717, 1.165) is 12.8 Å². The molecule has 0 radical (unpaired) electrons. The third-order valence-corrected chi connectivity index (χ3v) is 7.79. The van der Waals surface area contributed by atoms with Crippen molar-refractivity contribution in [2.24, 2.45) is 15.0 Å². The van der Waals surface area contributed by atoms with Crippen LogP contribution in [0.15, 0.2) is 75.6 Å². The van der Waals surface area contributed by atoms with Crippen LogP contribution in [-0.2, 0) is 13.0 Å². The second kappa shape index (κ2) is 17.8. The molecule has 2 saturated carbocycles. The number of aryl methyl sites for hydroxylation is 1. The first kappa shape index (κ1) is 30.8. The smallest absolute Gasteiger partial charge is 0.1000 e. The fraction of sp³-hybridized carbons (Fsp3) is 0.600. The summed E-state index contributed by atoms with van der Waals surface area (Å²) in [6, 6.07) is 25.9. The van der Waals surface area contributed by atoms with E-state index in [1.165, 1.54) is 81.2 Å². The zero-order valence-electron chi connectivity index (χ0n) is 25.1. The highest BCUT2D eigenvalue weighted by atomic mass is 15.2. The Kier molecular flexibility index (Phi) is 14.1. The molecule has 2 aromatic rings. The van der Waals surface area contributed by atoms with Gasteiger partial charge in [0.15, 0.2) is 0 Å². The number of hydrogen-bond acceptors (Lipinski definition) is 3. The zero-order valence-corrected chi connectivity index (χ0v) is 25.1. The fourth-order valence-corrected chi connectivity index (χ4v) is 5.82. The molecular weight excluding hydrogens is 476 g/mol. The van der Waals surface area contributed by atoms with E-state index < -0.39 is 0 Å². The van der Waals surface area contributed by atoms with Gasteiger partial charge in [0.1, 0.15) is 0 Å². The van der Waals surface area contributed by atoms with Crippen LogP contribution in [0.25, 0.3) is 0 Å². The van der Waals surface area contributed by atoms with Gasteiger partial charge in [-0.05, 0) is 70.9 Å². The van der Waals surface area contributed by atoms with Gasteiger partial charge in [-0.3, -0.25) is 4.99 Å². The molecule has 0 bridgehead atoms. The van der Waals surface area contributed by atoms with Gasteiger partial charge in [-0.1, -0.05) is 99.2 Å². The quantitative estimate of drug-likeness (QED) is 0.236. The van der Waals surface area contributed by atoms with Crippen LogP contribution in [0.2, 0.25) is 0 Å². The maximum Gasteiger partial charge on any atom is 0.1000 e. The standard InChI is InChI=1S/C21H34N2.C14H18N2/c1-17(2)23(18(3)4)21(22-20-13-9-6-10-14-20)16-15-19-11-7-5-8-12-19;1-3-7-13(8-4-1)11-15-12-16-14-9-5-2-6-10-14/h5,7-8,11-12,17-18,20H,6,9-10,13-16H2,1-4H3;1,3-4,7-8,14H,2,5-6,9-11H2. The lowest BCUT2D eigenvalue weighted by atomic mass is 9.96. The van der Waals surface area contributed by atoms with E-state index in [4.69, 9.17) is 4.99 Å². The van der Waals surface area contributed by atoms with Crippen molar-refractivity contribution in [1.82, 2.24) is 4.90 Å². The van der Waals surface area contributed by atoms with Crippen LogP contribution in [0.4, 0.5) is 0 Å². The number of aliphatic imine (C=N–C) groups is 3. The van der Waals surface area contributed by atoms with E-state index in [0.29, 0.717) is 30.7 Å². The van der Waals surface area contributed by atoms with E-state index in [-0.39, 0.29) is 0 Å². The Morgan fingerprint density at radius 1 is 0.718 bits per heavy atom. The van der Waals surface area contributed by atoms with E-state index >= 15 is 0 Å². The van der Waals surface area contributed by atoms with Crippen molar-refractivity contribution in [2.45, 2.75) is 135 Å². The van der Waals surface area contributed by atoms with Gasteiger partial charge in [-0.2, -0.15) is 0 Å². The van der Waals surface area contributed by atoms with Gasteiger partial charge in [0, 0.05) is 18.5 Å². The molecule has 39 heavy (non-hydrogen) atoms. The number of nitrogens with zero attached hydrogens (tertiary/aromatic N) is 4. The van der Waals surface area contributed by atoms with E-state index in [1.54, 1.807) is 0 Å². The van der Waals surface area contributed by atoms with Crippen molar-refractivity contribution >= 4 is 11.8 Å². The maximum absolute atomic E-state index is 5.24. The Labute approximate surface area is 238 Å². The summed E-state index contributed by atoms with van der Waals surface area (Å²) in [6.07, 6.45) is 15.2. The van der Waals surface area contributed by atoms with Crippen molar-refractivity contribution in [1.29, 1.82) is 0 Å². The third-order valence-electron chi connectivity index (χ3n) is 7.79. The normalized spacial score (nSPS) is 16.8. The highest BCUT2D eigenvalue weighted by molar-refractivity contribution is 5.83. The molecule has 0 aromatic heterocycles. The molecular formula is C35H52N4. The van der Waals surface area contributed by atoms with Gasteiger partial charge in [-0.15, -0.1) is 0 Å². The first-order chi connectivity index (χ1) is 19.0. The van der Waals surface area contributed by atoms with Crippen molar-refractivity contribution in [3.8, 4) is 0 Å². The van der Waals surface area contributed by atoms with Crippen molar-refractivity contribution in [3.63, 3.8) is 0 Å². The number of benzene rings is 2. The van der Waals surface area contributed by atoms with Crippen LogP contribution < -0.4 is 0 Å². The molecule has 4 rings (SSSR count). The van der Waals surface area contributed by atoms with Crippen LogP contribution in [0, 0.1) is 0 Å². The maximum atomic E-state index is 5.24. The molecule has 0 amide bonds. The summed E-state index contributed by atoms with van der Waals surface area (Å²) in [7, 11) is 0. The minimum absolute atomic E-state index is 0.480. The van der Waals surface area contributed by atoms with Gasteiger partial charge in [0.2, 0.25) is 0 Å². The monoisotopic (exact) mass is 528 g/mol. The largest absolute Gasteiger partial charge is 0.355 e. The Morgan fingerprint density at radius 2 is 1.23 bits per heavy atom. The molecule has 0 heterocycles. The van der Waals surface area contributed by atoms with Crippen LogP contribution in [0.5, 0.6) is 0 Å². The summed E-state index contributed by atoms with van der Waals surface area (Å²) in [6.45, 7) is 9.85. The molecule has 2 fully saturated rings. The topological polar surface area (TPSA) is 40.3 Å². The average Bonchev–Trinajstić information content (AvgIpc) is 2.96. The summed E-state index contributed by atoms with van der Waals surface area (Å²) in [5.41, 5.74) is 2.63. The first-order valence-electron chi connectivity index (χ1n) is 15.6. The number of rotatable bonds is 9. The molecule has 4 heteroatoms. The summed E-state index contributed by atoms with van der Waals surface area (Å²) in [4.78, 5) is 16.4. The fourth-order valence-electron chi connectivity index (χ4n) is 5.82. The molecule has 0 unspecified atom stereocenters. The number of hydrogen-bond donors (Lipinski definition) is 0. The minimum atomic E-state index is 0.480. The highest BCUT2D eigenvalue weighted by Gasteiger charge is 2.21. The Bertz CT molecular complexity index is 985. The molecule has 0 aliphatic heterocycles. The predicted octanol–water partition coefficient (Wildman–Crippen LogP) is 9.16. The summed E-state index contributed by atoms with van der Waals surface area (Å²) >= 11 is 0. The van der Waals surface area contributed by atoms with Crippen molar-refractivity contribution in [3.05, 3.63) is 71.8 Å². The Hall–Kier alpha value is -2.71. The highest BCUT2D eigenvalue weighted by Crippen LogP contribution is 2.23. The van der Waals surface area contributed by atoms with Gasteiger partial charge >= 0.3 is 0 Å². The van der Waals surface area contributed by atoms with Gasteiger partial charge in [0.25, 0.3) is 0 Å². The van der Waals surface area contributed by atoms with Crippen LogP contribution in [0.1, 0.15) is 109 Å². The molecule has 0 N–H and O–H groups in total. The first-order valence-corrected chi connectivity index (χ1v) is 15.6. The van der Waals surface area contributed by atoms with Gasteiger partial charge in [-0.25, -0.2) is 9.98 Å². The van der Waals surface area contributed by atoms with E-state index in [2.05, 4.69) is 91.1 Å². The predicted molar refractivity (Wildman–Crippen MR) is 168 cm³/mol. The second-order valence-corrected chi connectivity index (χ2v) is 11.7. The molecule has 4 nitrogen and oxygen atoms in total. The lowest BCUT2D eigenvalue weighted by Gasteiger charge is -2.35. The zero-order chi connectivity index (χ0) is 27.7. The lowest BCUT2D eigenvalue weighted by molar-refractivity contribution is 0.282. The molecule has 0 saturated heterocycles. The Morgan fingerprint density at radius 3 is 1.77 bits per heavy atom. The number of amidine groups is 1. The second-order valence-electron chi connectivity index (χ2n) is 11.7. The van der Waals surface area contributed by atoms with Crippen LogP contribution in [-0.4, -0.2) is 40.9 Å². The summed E-state index contributed by atoms with van der Waals surface area (Å²) < 4.78 is 0. The van der Waals surface area contributed by atoms with Crippen LogP contribution in [0.3, 0.4) is 0 Å². The summed E-state index contributed by atoms with van der Waals surface area (Å²) in [5, 5.41) is 0. The molecule has 0 atom stereocenters. The average molecular weight is 529 g/mol. The van der Waals surface area contributed by atoms with Crippen molar-refractivity contribution < 1.29 is 0 Å². The van der Waals surface area contributed by atoms with E-state index in [1.807, 2.05) is 18.2 Å². The third kappa shape index (κ3) is 11.9. The molecule has 2 aromatic carbocycles.